The van der Waals surface area contributed by atoms with E-state index in [2.05, 4.69) is 0 Å². The molecule has 9 nitrogen and oxygen atoms in total. The minimum atomic E-state index is -3.58. The first-order chi connectivity index (χ1) is 17.2. The Morgan fingerprint density at radius 2 is 1.81 bits per heavy atom. The first-order valence-electron chi connectivity index (χ1n) is 11.9. The number of methoxy groups -OCH3 is 1. The smallest absolute Gasteiger partial charge is 0.324 e. The summed E-state index contributed by atoms with van der Waals surface area (Å²) < 4.78 is 32.9. The average Bonchev–Trinajstić information content (AvgIpc) is 2.86. The highest BCUT2D eigenvalue weighted by molar-refractivity contribution is 7.89. The third kappa shape index (κ3) is 5.83. The Labute approximate surface area is 217 Å². The standard InChI is InChI=1S/C25H32ClN5O4S/c1-35-17-19-15-29(25(32)31(16-19)22-4-2-3-20(13-22)24(27)28)14-18-9-11-30(12-10-18)36(33,34)23-7-5-21(26)6-8-23/h2-8,13,18-19H,9-12,14-17H2,1H3,(H3,27,28). The fourth-order valence-corrected chi connectivity index (χ4v) is 6.50. The number of amides is 2. The highest BCUT2D eigenvalue weighted by Crippen LogP contribution is 2.28. The zero-order valence-electron chi connectivity index (χ0n) is 20.3. The van der Waals surface area contributed by atoms with Crippen LogP contribution in [-0.2, 0) is 14.8 Å². The van der Waals surface area contributed by atoms with E-state index in [1.165, 1.54) is 16.4 Å². The van der Waals surface area contributed by atoms with Crippen LogP contribution in [0.2, 0.25) is 5.02 Å². The van der Waals surface area contributed by atoms with E-state index in [1.807, 2.05) is 11.0 Å². The van der Waals surface area contributed by atoms with E-state index < -0.39 is 10.0 Å². The SMILES string of the molecule is COCC1CN(CC2CCN(S(=O)(=O)c3ccc(Cl)cc3)CC2)C(=O)N(c2cccc(C(=N)N)c2)C1. The lowest BCUT2D eigenvalue weighted by Crippen LogP contribution is -2.56. The van der Waals surface area contributed by atoms with E-state index in [1.54, 1.807) is 42.3 Å². The van der Waals surface area contributed by atoms with Gasteiger partial charge in [-0.1, -0.05) is 23.7 Å². The summed E-state index contributed by atoms with van der Waals surface area (Å²) in [5.74, 6) is 0.267. The number of carbonyl (C=O) groups is 1. The van der Waals surface area contributed by atoms with Crippen LogP contribution in [0.3, 0.4) is 0 Å². The van der Waals surface area contributed by atoms with Gasteiger partial charge in [-0.3, -0.25) is 10.3 Å². The second-order valence-corrected chi connectivity index (χ2v) is 11.8. The van der Waals surface area contributed by atoms with Crippen LogP contribution < -0.4 is 10.6 Å². The van der Waals surface area contributed by atoms with Gasteiger partial charge in [-0.05, 0) is 55.2 Å². The Morgan fingerprint density at radius 1 is 1.11 bits per heavy atom. The molecule has 2 aliphatic rings. The van der Waals surface area contributed by atoms with Gasteiger partial charge in [0, 0.05) is 62.0 Å². The van der Waals surface area contributed by atoms with Crippen LogP contribution in [0.25, 0.3) is 0 Å². The van der Waals surface area contributed by atoms with Gasteiger partial charge in [0.25, 0.3) is 0 Å². The van der Waals surface area contributed by atoms with E-state index in [4.69, 9.17) is 27.5 Å². The number of sulfonamides is 1. The molecule has 0 radical (unpaired) electrons. The van der Waals surface area contributed by atoms with Crippen molar-refractivity contribution in [2.75, 3.05) is 51.3 Å². The summed E-state index contributed by atoms with van der Waals surface area (Å²) in [7, 11) is -1.93. The van der Waals surface area contributed by atoms with Gasteiger partial charge in [0.05, 0.1) is 11.5 Å². The molecule has 1 atom stereocenters. The quantitative estimate of drug-likeness (QED) is 0.399. The second kappa shape index (κ2) is 11.2. The Kier molecular flexibility index (Phi) is 8.19. The lowest BCUT2D eigenvalue weighted by Gasteiger charge is -2.42. The lowest BCUT2D eigenvalue weighted by molar-refractivity contribution is 0.105. The summed E-state index contributed by atoms with van der Waals surface area (Å²) in [5.41, 5.74) is 6.92. The molecule has 2 fully saturated rings. The van der Waals surface area contributed by atoms with Crippen molar-refractivity contribution in [3.8, 4) is 0 Å². The normalized spacial score (nSPS) is 20.1. The molecule has 1 unspecified atom stereocenters. The highest BCUT2D eigenvalue weighted by Gasteiger charge is 2.36. The maximum Gasteiger partial charge on any atom is 0.324 e. The van der Waals surface area contributed by atoms with Crippen LogP contribution in [0.1, 0.15) is 18.4 Å². The van der Waals surface area contributed by atoms with Gasteiger partial charge >= 0.3 is 6.03 Å². The largest absolute Gasteiger partial charge is 0.384 e. The van der Waals surface area contributed by atoms with Gasteiger partial charge in [0.2, 0.25) is 10.0 Å². The Balaban J connectivity index is 1.43. The molecule has 4 rings (SSSR count). The summed E-state index contributed by atoms with van der Waals surface area (Å²) in [6.07, 6.45) is 1.34. The third-order valence-electron chi connectivity index (χ3n) is 6.80. The van der Waals surface area contributed by atoms with Crippen LogP contribution in [-0.4, -0.2) is 75.9 Å². The van der Waals surface area contributed by atoms with Crippen LogP contribution in [0.5, 0.6) is 0 Å². The molecule has 0 aliphatic carbocycles. The number of anilines is 1. The molecule has 0 aromatic heterocycles. The number of benzene rings is 2. The number of carbonyl (C=O) groups excluding carboxylic acids is 1. The molecule has 0 spiro atoms. The molecule has 3 N–H and O–H groups in total. The molecular formula is C25H32ClN5O4S. The van der Waals surface area contributed by atoms with Crippen molar-refractivity contribution in [1.29, 1.82) is 5.41 Å². The minimum absolute atomic E-state index is 0.0491. The molecule has 2 amide bonds. The van der Waals surface area contributed by atoms with Crippen molar-refractivity contribution in [3.63, 3.8) is 0 Å². The monoisotopic (exact) mass is 533 g/mol. The maximum absolute atomic E-state index is 13.5. The Hall–Kier alpha value is -2.66. The fraction of sp³-hybridized carbons (Fsp3) is 0.440. The van der Waals surface area contributed by atoms with Crippen LogP contribution in [0, 0.1) is 17.2 Å². The first kappa shape index (κ1) is 26.4. The number of hydrogen-bond acceptors (Lipinski definition) is 5. The summed E-state index contributed by atoms with van der Waals surface area (Å²) >= 11 is 5.91. The number of halogens is 1. The Morgan fingerprint density at radius 3 is 2.44 bits per heavy atom. The predicted molar refractivity (Wildman–Crippen MR) is 140 cm³/mol. The third-order valence-corrected chi connectivity index (χ3v) is 8.96. The second-order valence-electron chi connectivity index (χ2n) is 9.38. The van der Waals surface area contributed by atoms with Gasteiger partial charge in [-0.15, -0.1) is 0 Å². The predicted octanol–water partition coefficient (Wildman–Crippen LogP) is 3.23. The summed E-state index contributed by atoms with van der Waals surface area (Å²) in [5, 5.41) is 8.22. The highest BCUT2D eigenvalue weighted by atomic mass is 35.5. The number of amidine groups is 1. The van der Waals surface area contributed by atoms with Crippen molar-refractivity contribution in [3.05, 3.63) is 59.1 Å². The van der Waals surface area contributed by atoms with Crippen molar-refractivity contribution >= 4 is 39.2 Å². The van der Waals surface area contributed by atoms with Crippen LogP contribution >= 0.6 is 11.6 Å². The molecule has 2 heterocycles. The van der Waals surface area contributed by atoms with Crippen LogP contribution in [0.4, 0.5) is 10.5 Å². The van der Waals surface area contributed by atoms with E-state index in [-0.39, 0.29) is 28.6 Å². The number of nitrogens with one attached hydrogen (secondary N) is 1. The number of nitrogen functional groups attached to an aromatic ring is 1. The minimum Gasteiger partial charge on any atom is -0.384 e. The molecule has 0 bridgehead atoms. The van der Waals surface area contributed by atoms with Gasteiger partial charge in [0.1, 0.15) is 5.84 Å². The molecule has 36 heavy (non-hydrogen) atoms. The number of piperidine rings is 1. The zero-order valence-corrected chi connectivity index (χ0v) is 21.8. The topological polar surface area (TPSA) is 120 Å². The fourth-order valence-electron chi connectivity index (χ4n) is 4.90. The molecular weight excluding hydrogens is 502 g/mol. The molecule has 2 aliphatic heterocycles. The summed E-state index contributed by atoms with van der Waals surface area (Å²) in [6, 6.07) is 13.3. The number of hydrogen-bond donors (Lipinski definition) is 2. The maximum atomic E-state index is 13.5. The number of ether oxygens (including phenoxy) is 1. The zero-order chi connectivity index (χ0) is 25.9. The van der Waals surface area contributed by atoms with E-state index in [9.17, 15) is 13.2 Å². The van der Waals surface area contributed by atoms with Gasteiger partial charge < -0.3 is 15.4 Å². The molecule has 2 saturated heterocycles. The number of nitrogens with two attached hydrogens (primary N) is 1. The molecule has 2 aromatic carbocycles. The summed E-state index contributed by atoms with van der Waals surface area (Å²) in [6.45, 7) is 2.98. The van der Waals surface area contributed by atoms with Gasteiger partial charge in [-0.25, -0.2) is 13.2 Å². The van der Waals surface area contributed by atoms with E-state index in [0.29, 0.717) is 68.4 Å². The van der Waals surface area contributed by atoms with Crippen molar-refractivity contribution in [2.24, 2.45) is 17.6 Å². The lowest BCUT2D eigenvalue weighted by atomic mass is 9.96. The number of rotatable bonds is 8. The van der Waals surface area contributed by atoms with Crippen molar-refractivity contribution < 1.29 is 17.9 Å². The molecule has 2 aromatic rings. The molecule has 194 valence electrons. The van der Waals surface area contributed by atoms with E-state index >= 15 is 0 Å². The van der Waals surface area contributed by atoms with Crippen molar-refractivity contribution in [2.45, 2.75) is 17.7 Å². The Bertz CT molecular complexity index is 1200. The van der Waals surface area contributed by atoms with Crippen LogP contribution in [0.15, 0.2) is 53.4 Å². The number of urea groups is 1. The van der Waals surface area contributed by atoms with Gasteiger partial charge in [0.15, 0.2) is 0 Å². The molecule has 11 heteroatoms. The number of nitrogens with zero attached hydrogens (tertiary/aromatic N) is 3. The van der Waals surface area contributed by atoms with Gasteiger partial charge in [-0.2, -0.15) is 4.31 Å². The average molecular weight is 534 g/mol. The first-order valence-corrected chi connectivity index (χ1v) is 13.8. The summed E-state index contributed by atoms with van der Waals surface area (Å²) in [4.78, 5) is 17.3. The van der Waals surface area contributed by atoms with Crippen molar-refractivity contribution in [1.82, 2.24) is 9.21 Å². The van der Waals surface area contributed by atoms with E-state index in [0.717, 1.165) is 0 Å². The molecule has 0 saturated carbocycles.